The number of fused-ring (bicyclic) bond motifs is 10. The highest BCUT2D eigenvalue weighted by Crippen LogP contribution is 2.66. The average Bonchev–Trinajstić information content (AvgIpc) is 3.65. The number of anilines is 4. The minimum atomic E-state index is -0.0167. The van der Waals surface area contributed by atoms with Gasteiger partial charge in [-0.2, -0.15) is 0 Å². The van der Waals surface area contributed by atoms with Gasteiger partial charge in [0.2, 0.25) is 0 Å². The molecule has 2 heteroatoms. The summed E-state index contributed by atoms with van der Waals surface area (Å²) in [5, 5.41) is 5.34. The summed E-state index contributed by atoms with van der Waals surface area (Å²) >= 11 is 0. The van der Waals surface area contributed by atoms with Crippen LogP contribution in [0.5, 0.6) is 0 Å². The highest BCUT2D eigenvalue weighted by molar-refractivity contribution is 6.22. The molecule has 0 bridgehead atoms. The van der Waals surface area contributed by atoms with Gasteiger partial charge < -0.3 is 9.80 Å². The van der Waals surface area contributed by atoms with E-state index >= 15 is 0 Å². The Kier molecular flexibility index (Phi) is 8.59. The Balaban J connectivity index is 1.05. The molecule has 0 saturated heterocycles. The summed E-state index contributed by atoms with van der Waals surface area (Å²) < 4.78 is 0. The standard InChI is InChI=1S/C62H64N2/c1-59-37-43-23-11-13-25-45(43)39-61(59,3)63(55-29-17-15-27-53(55)59)47-31-33-49-51(35-47)57(41-19-7-5-8-20-41)50-34-32-48(36-52(50)58(49)42-21-9-6-10-22-42)64-56-30-18-16-28-54(56)60(2)38-44-24-12-14-26-46(44)40-62(60,64)4/h5-10,15-22,27-36,43-46H,11-14,23-26,37-40H2,1-4H3. The van der Waals surface area contributed by atoms with Crippen molar-refractivity contribution in [1.29, 1.82) is 0 Å². The Hall–Kier alpha value is -5.34. The summed E-state index contributed by atoms with van der Waals surface area (Å²) in [4.78, 5) is 5.64. The first kappa shape index (κ1) is 39.1. The Morgan fingerprint density at radius 3 is 1.14 bits per heavy atom. The van der Waals surface area contributed by atoms with Crippen molar-refractivity contribution in [3.63, 3.8) is 0 Å². The van der Waals surface area contributed by atoms with Gasteiger partial charge in [-0.3, -0.25) is 0 Å². The smallest absolute Gasteiger partial charge is 0.0520 e. The summed E-state index contributed by atoms with van der Waals surface area (Å²) in [6.45, 7) is 10.5. The maximum absolute atomic E-state index is 2.82. The number of para-hydroxylation sites is 2. The lowest BCUT2D eigenvalue weighted by atomic mass is 9.53. The highest BCUT2D eigenvalue weighted by Gasteiger charge is 2.63. The first-order valence-corrected chi connectivity index (χ1v) is 25.1. The summed E-state index contributed by atoms with van der Waals surface area (Å²) in [5.41, 5.74) is 14.0. The van der Waals surface area contributed by atoms with E-state index in [4.69, 9.17) is 0 Å². The van der Waals surface area contributed by atoms with Gasteiger partial charge in [-0.25, -0.2) is 0 Å². The van der Waals surface area contributed by atoms with Crippen LogP contribution < -0.4 is 9.80 Å². The van der Waals surface area contributed by atoms with Crippen LogP contribution in [0.1, 0.15) is 116 Å². The van der Waals surface area contributed by atoms with E-state index in [0.29, 0.717) is 0 Å². The fourth-order valence-corrected chi connectivity index (χ4v) is 16.0. The van der Waals surface area contributed by atoms with Crippen LogP contribution in [0.3, 0.4) is 0 Å². The van der Waals surface area contributed by atoms with E-state index in [1.165, 1.54) is 144 Å². The zero-order valence-corrected chi connectivity index (χ0v) is 38.5. The largest absolute Gasteiger partial charge is 0.334 e. The number of hydrogen-bond acceptors (Lipinski definition) is 2. The van der Waals surface area contributed by atoms with E-state index in [0.717, 1.165) is 23.7 Å². The molecule has 4 fully saturated rings. The Labute approximate surface area is 381 Å². The second-order valence-corrected chi connectivity index (χ2v) is 22.3. The Bertz CT molecular complexity index is 2770. The molecule has 13 rings (SSSR count). The topological polar surface area (TPSA) is 6.48 Å². The lowest BCUT2D eigenvalue weighted by molar-refractivity contribution is 0.0581. The van der Waals surface area contributed by atoms with E-state index in [9.17, 15) is 0 Å². The first-order valence-electron chi connectivity index (χ1n) is 25.1. The molecule has 7 aromatic carbocycles. The van der Waals surface area contributed by atoms with Crippen molar-refractivity contribution in [3.05, 3.63) is 157 Å². The van der Waals surface area contributed by atoms with Crippen LogP contribution in [0.2, 0.25) is 0 Å². The van der Waals surface area contributed by atoms with Crippen LogP contribution in [0.15, 0.2) is 146 Å². The predicted octanol–water partition coefficient (Wildman–Crippen LogP) is 16.9. The van der Waals surface area contributed by atoms with E-state index in [1.807, 2.05) is 0 Å². The molecule has 7 aromatic rings. The fraction of sp³-hybridized carbons (Fsp3) is 0.387. The van der Waals surface area contributed by atoms with Crippen LogP contribution in [0.4, 0.5) is 22.7 Å². The van der Waals surface area contributed by atoms with Crippen LogP contribution in [0, 0.1) is 23.7 Å². The zero-order chi connectivity index (χ0) is 43.0. The molecule has 322 valence electrons. The maximum Gasteiger partial charge on any atom is 0.0520 e. The fourth-order valence-electron chi connectivity index (χ4n) is 16.0. The molecule has 0 radical (unpaired) electrons. The number of rotatable bonds is 4. The molecule has 64 heavy (non-hydrogen) atoms. The second-order valence-electron chi connectivity index (χ2n) is 22.3. The molecule has 2 heterocycles. The third kappa shape index (κ3) is 5.26. The molecule has 8 atom stereocenters. The van der Waals surface area contributed by atoms with E-state index < -0.39 is 0 Å². The average molecular weight is 837 g/mol. The number of hydrogen-bond donors (Lipinski definition) is 0. The van der Waals surface area contributed by atoms with Crippen molar-refractivity contribution in [2.75, 3.05) is 9.80 Å². The molecule has 0 spiro atoms. The quantitative estimate of drug-likeness (QED) is 0.163. The van der Waals surface area contributed by atoms with Gasteiger partial charge in [-0.1, -0.05) is 174 Å². The van der Waals surface area contributed by atoms with Gasteiger partial charge in [-0.05, 0) is 155 Å². The Morgan fingerprint density at radius 2 is 0.734 bits per heavy atom. The van der Waals surface area contributed by atoms with E-state index in [2.05, 4.69) is 183 Å². The van der Waals surface area contributed by atoms with Crippen LogP contribution in [-0.4, -0.2) is 11.1 Å². The molecular weight excluding hydrogens is 773 g/mol. The minimum absolute atomic E-state index is 0.0167. The SMILES string of the molecule is CC12CC3CCCCC3CC1(C)N(c1ccc3c(-c4ccccc4)c4cc(N5c6ccccc6C6(C)CC7CCCCC7CC56C)ccc4c(-c4ccccc4)c3c1)c1ccccc12. The van der Waals surface area contributed by atoms with Gasteiger partial charge >= 0.3 is 0 Å². The Morgan fingerprint density at radius 1 is 0.375 bits per heavy atom. The normalized spacial score (nSPS) is 31.5. The summed E-state index contributed by atoms with van der Waals surface area (Å²) in [7, 11) is 0. The van der Waals surface area contributed by atoms with Crippen LogP contribution in [0.25, 0.3) is 43.8 Å². The molecule has 2 nitrogen and oxygen atoms in total. The molecule has 8 unspecified atom stereocenters. The monoisotopic (exact) mass is 837 g/mol. The molecule has 0 aromatic heterocycles. The van der Waals surface area contributed by atoms with Crippen LogP contribution in [-0.2, 0) is 10.8 Å². The first-order chi connectivity index (χ1) is 31.2. The minimum Gasteiger partial charge on any atom is -0.334 e. The maximum atomic E-state index is 2.82. The lowest BCUT2D eigenvalue weighted by Gasteiger charge is -2.56. The van der Waals surface area contributed by atoms with Crippen molar-refractivity contribution in [2.24, 2.45) is 23.7 Å². The zero-order valence-electron chi connectivity index (χ0n) is 38.5. The molecule has 0 N–H and O–H groups in total. The molecule has 6 aliphatic rings. The van der Waals surface area contributed by atoms with Crippen molar-refractivity contribution < 1.29 is 0 Å². The van der Waals surface area contributed by atoms with Crippen LogP contribution >= 0.6 is 0 Å². The second kappa shape index (κ2) is 14.1. The lowest BCUT2D eigenvalue weighted by Crippen LogP contribution is -2.58. The van der Waals surface area contributed by atoms with Gasteiger partial charge in [0, 0.05) is 33.6 Å². The van der Waals surface area contributed by atoms with Gasteiger partial charge in [-0.15, -0.1) is 0 Å². The van der Waals surface area contributed by atoms with Crippen molar-refractivity contribution in [1.82, 2.24) is 0 Å². The summed E-state index contributed by atoms with van der Waals surface area (Å²) in [6.07, 6.45) is 16.2. The third-order valence-electron chi connectivity index (χ3n) is 19.4. The molecule has 0 amide bonds. The summed E-state index contributed by atoms with van der Waals surface area (Å²) in [5.74, 6) is 3.26. The third-order valence-corrected chi connectivity index (χ3v) is 19.4. The molecule has 4 aliphatic carbocycles. The number of nitrogens with zero attached hydrogens (tertiary/aromatic N) is 2. The van der Waals surface area contributed by atoms with E-state index in [-0.39, 0.29) is 21.9 Å². The number of benzene rings is 7. The highest BCUT2D eigenvalue weighted by atomic mass is 15.3. The van der Waals surface area contributed by atoms with Crippen molar-refractivity contribution in [3.8, 4) is 22.3 Å². The van der Waals surface area contributed by atoms with Gasteiger partial charge in [0.05, 0.1) is 11.1 Å². The summed E-state index contributed by atoms with van der Waals surface area (Å²) in [6, 6.07) is 56.8. The van der Waals surface area contributed by atoms with Gasteiger partial charge in [0.15, 0.2) is 0 Å². The molecular formula is C62H64N2. The van der Waals surface area contributed by atoms with Crippen molar-refractivity contribution in [2.45, 2.75) is 127 Å². The predicted molar refractivity (Wildman–Crippen MR) is 270 cm³/mol. The van der Waals surface area contributed by atoms with Gasteiger partial charge in [0.1, 0.15) is 0 Å². The van der Waals surface area contributed by atoms with E-state index in [1.54, 1.807) is 11.1 Å². The molecule has 2 aliphatic heterocycles. The van der Waals surface area contributed by atoms with Gasteiger partial charge in [0.25, 0.3) is 0 Å². The molecule has 4 saturated carbocycles. The van der Waals surface area contributed by atoms with Crippen molar-refractivity contribution >= 4 is 44.3 Å².